The highest BCUT2D eigenvalue weighted by atomic mass is 16.3. The van der Waals surface area contributed by atoms with Crippen molar-refractivity contribution in [2.24, 2.45) is 13.0 Å². The minimum Gasteiger partial charge on any atom is -0.396 e. The molecule has 2 rings (SSSR count). The summed E-state index contributed by atoms with van der Waals surface area (Å²) in [6, 6.07) is 0. The second-order valence-corrected chi connectivity index (χ2v) is 4.98. The lowest BCUT2D eigenvalue weighted by Crippen LogP contribution is -2.36. The van der Waals surface area contributed by atoms with Gasteiger partial charge in [-0.15, -0.1) is 10.2 Å². The molecule has 1 unspecified atom stereocenters. The Bertz CT molecular complexity index is 361. The first-order chi connectivity index (χ1) is 8.20. The fraction of sp³-hybridized carbons (Fsp3) is 0.833. The average molecular weight is 238 g/mol. The number of aromatic nitrogens is 3. The van der Waals surface area contributed by atoms with E-state index in [-0.39, 0.29) is 0 Å². The Morgan fingerprint density at radius 3 is 2.88 bits per heavy atom. The standard InChI is InChI=1S/C12H22N4O/c1-10-13-14-12(15(10)2)9-16-6-3-4-11(8-16)5-7-17/h11,17H,3-9H2,1-2H3. The smallest absolute Gasteiger partial charge is 0.146 e. The average Bonchev–Trinajstić information content (AvgIpc) is 2.62. The zero-order valence-corrected chi connectivity index (χ0v) is 10.8. The molecular weight excluding hydrogens is 216 g/mol. The van der Waals surface area contributed by atoms with Crippen molar-refractivity contribution in [3.8, 4) is 0 Å². The zero-order chi connectivity index (χ0) is 12.3. The Balaban J connectivity index is 1.92. The van der Waals surface area contributed by atoms with Crippen molar-refractivity contribution in [3.63, 3.8) is 0 Å². The Hall–Kier alpha value is -0.940. The van der Waals surface area contributed by atoms with Crippen LogP contribution in [-0.4, -0.2) is 44.5 Å². The van der Waals surface area contributed by atoms with Crippen LogP contribution in [0.5, 0.6) is 0 Å². The van der Waals surface area contributed by atoms with Gasteiger partial charge < -0.3 is 9.67 Å². The number of aliphatic hydroxyl groups excluding tert-OH is 1. The van der Waals surface area contributed by atoms with Gasteiger partial charge >= 0.3 is 0 Å². The van der Waals surface area contributed by atoms with Crippen LogP contribution < -0.4 is 0 Å². The van der Waals surface area contributed by atoms with Crippen molar-refractivity contribution in [2.75, 3.05) is 19.7 Å². The van der Waals surface area contributed by atoms with E-state index in [1.165, 1.54) is 12.8 Å². The lowest BCUT2D eigenvalue weighted by Gasteiger charge is -2.32. The van der Waals surface area contributed by atoms with Crippen LogP contribution in [0.1, 0.15) is 30.9 Å². The molecule has 0 radical (unpaired) electrons. The Morgan fingerprint density at radius 2 is 2.24 bits per heavy atom. The third-order valence-corrected chi connectivity index (χ3v) is 3.69. The Morgan fingerprint density at radius 1 is 1.41 bits per heavy atom. The van der Waals surface area contributed by atoms with Crippen LogP contribution in [0.3, 0.4) is 0 Å². The van der Waals surface area contributed by atoms with Gasteiger partial charge in [0.15, 0.2) is 0 Å². The maximum Gasteiger partial charge on any atom is 0.146 e. The summed E-state index contributed by atoms with van der Waals surface area (Å²) in [6.07, 6.45) is 3.39. The molecule has 1 aliphatic rings. The maximum atomic E-state index is 9.00. The molecule has 1 atom stereocenters. The van der Waals surface area contributed by atoms with Crippen molar-refractivity contribution in [3.05, 3.63) is 11.6 Å². The lowest BCUT2D eigenvalue weighted by molar-refractivity contribution is 0.139. The van der Waals surface area contributed by atoms with Crippen LogP contribution in [0.2, 0.25) is 0 Å². The van der Waals surface area contributed by atoms with Crippen LogP contribution in [0.25, 0.3) is 0 Å². The second kappa shape index (κ2) is 5.60. The molecule has 1 fully saturated rings. The summed E-state index contributed by atoms with van der Waals surface area (Å²) in [5.74, 6) is 2.64. The van der Waals surface area contributed by atoms with Crippen molar-refractivity contribution in [2.45, 2.75) is 32.7 Å². The molecule has 1 aromatic heterocycles. The first-order valence-electron chi connectivity index (χ1n) is 6.38. The molecule has 0 bridgehead atoms. The zero-order valence-electron chi connectivity index (χ0n) is 10.8. The van der Waals surface area contributed by atoms with E-state index in [2.05, 4.69) is 19.7 Å². The lowest BCUT2D eigenvalue weighted by atomic mass is 9.95. The van der Waals surface area contributed by atoms with Gasteiger partial charge in [0.1, 0.15) is 11.6 Å². The number of aryl methyl sites for hydroxylation is 1. The predicted molar refractivity (Wildman–Crippen MR) is 65.4 cm³/mol. The van der Waals surface area contributed by atoms with Gasteiger partial charge in [0.25, 0.3) is 0 Å². The van der Waals surface area contributed by atoms with Crippen molar-refractivity contribution in [1.29, 1.82) is 0 Å². The normalized spacial score (nSPS) is 21.9. The van der Waals surface area contributed by atoms with Crippen LogP contribution in [0.15, 0.2) is 0 Å². The molecule has 5 nitrogen and oxygen atoms in total. The number of rotatable bonds is 4. The fourth-order valence-electron chi connectivity index (χ4n) is 2.50. The van der Waals surface area contributed by atoms with Crippen LogP contribution in [0.4, 0.5) is 0 Å². The minimum atomic E-state index is 0.307. The third-order valence-electron chi connectivity index (χ3n) is 3.69. The molecule has 0 saturated carbocycles. The first kappa shape index (κ1) is 12.5. The largest absolute Gasteiger partial charge is 0.396 e. The molecular formula is C12H22N4O. The van der Waals surface area contributed by atoms with E-state index in [1.54, 1.807) is 0 Å². The summed E-state index contributed by atoms with van der Waals surface area (Å²) in [7, 11) is 2.01. The van der Waals surface area contributed by atoms with Gasteiger partial charge in [0, 0.05) is 20.2 Å². The monoisotopic (exact) mass is 238 g/mol. The molecule has 96 valence electrons. The third kappa shape index (κ3) is 3.04. The van der Waals surface area contributed by atoms with E-state index in [0.717, 1.165) is 37.7 Å². The highest BCUT2D eigenvalue weighted by molar-refractivity contribution is 4.93. The SMILES string of the molecule is Cc1nnc(CN2CCCC(CCO)C2)n1C. The van der Waals surface area contributed by atoms with E-state index in [4.69, 9.17) is 5.11 Å². The number of hydrogen-bond acceptors (Lipinski definition) is 4. The van der Waals surface area contributed by atoms with Gasteiger partial charge in [-0.3, -0.25) is 4.90 Å². The highest BCUT2D eigenvalue weighted by Crippen LogP contribution is 2.20. The van der Waals surface area contributed by atoms with Crippen LogP contribution in [-0.2, 0) is 13.6 Å². The van der Waals surface area contributed by atoms with Crippen molar-refractivity contribution in [1.82, 2.24) is 19.7 Å². The fourth-order valence-corrected chi connectivity index (χ4v) is 2.50. The molecule has 1 saturated heterocycles. The number of nitrogens with zero attached hydrogens (tertiary/aromatic N) is 4. The van der Waals surface area contributed by atoms with E-state index in [9.17, 15) is 0 Å². The summed E-state index contributed by atoms with van der Waals surface area (Å²) >= 11 is 0. The highest BCUT2D eigenvalue weighted by Gasteiger charge is 2.20. The van der Waals surface area contributed by atoms with E-state index >= 15 is 0 Å². The van der Waals surface area contributed by atoms with Gasteiger partial charge in [-0.25, -0.2) is 0 Å². The van der Waals surface area contributed by atoms with Crippen molar-refractivity contribution >= 4 is 0 Å². The number of piperidine rings is 1. The number of aliphatic hydroxyl groups is 1. The first-order valence-corrected chi connectivity index (χ1v) is 6.38. The molecule has 1 aliphatic heterocycles. The Labute approximate surface area is 102 Å². The van der Waals surface area contributed by atoms with Gasteiger partial charge in [0.2, 0.25) is 0 Å². The van der Waals surface area contributed by atoms with E-state index in [0.29, 0.717) is 12.5 Å². The molecule has 17 heavy (non-hydrogen) atoms. The summed E-state index contributed by atoms with van der Waals surface area (Å²) in [5.41, 5.74) is 0. The molecule has 5 heteroatoms. The van der Waals surface area contributed by atoms with Gasteiger partial charge in [-0.2, -0.15) is 0 Å². The summed E-state index contributed by atoms with van der Waals surface area (Å²) in [5, 5.41) is 17.3. The maximum absolute atomic E-state index is 9.00. The van der Waals surface area contributed by atoms with E-state index in [1.807, 2.05) is 14.0 Å². The second-order valence-electron chi connectivity index (χ2n) is 4.98. The predicted octanol–water partition coefficient (Wildman–Crippen LogP) is 0.718. The molecule has 2 heterocycles. The molecule has 0 amide bonds. The quantitative estimate of drug-likeness (QED) is 0.839. The summed E-state index contributed by atoms with van der Waals surface area (Å²) < 4.78 is 2.05. The molecule has 0 spiro atoms. The number of likely N-dealkylation sites (tertiary alicyclic amines) is 1. The van der Waals surface area contributed by atoms with Crippen LogP contribution >= 0.6 is 0 Å². The summed E-state index contributed by atoms with van der Waals surface area (Å²) in [6.45, 7) is 5.36. The molecule has 0 aliphatic carbocycles. The van der Waals surface area contributed by atoms with Crippen LogP contribution in [0, 0.1) is 12.8 Å². The minimum absolute atomic E-state index is 0.307. The van der Waals surface area contributed by atoms with Crippen molar-refractivity contribution < 1.29 is 5.11 Å². The molecule has 0 aromatic carbocycles. The Kier molecular flexibility index (Phi) is 4.12. The number of hydrogen-bond donors (Lipinski definition) is 1. The molecule has 1 aromatic rings. The van der Waals surface area contributed by atoms with Gasteiger partial charge in [-0.05, 0) is 38.6 Å². The van der Waals surface area contributed by atoms with Gasteiger partial charge in [-0.1, -0.05) is 0 Å². The molecule has 1 N–H and O–H groups in total. The summed E-state index contributed by atoms with van der Waals surface area (Å²) in [4.78, 5) is 2.42. The van der Waals surface area contributed by atoms with Gasteiger partial charge in [0.05, 0.1) is 6.54 Å². The topological polar surface area (TPSA) is 54.2 Å². The van der Waals surface area contributed by atoms with E-state index < -0.39 is 0 Å².